The van der Waals surface area contributed by atoms with Crippen LogP contribution in [-0.2, 0) is 21.2 Å². The van der Waals surface area contributed by atoms with E-state index in [0.717, 1.165) is 17.7 Å². The number of ether oxygens (including phenoxy) is 1. The summed E-state index contributed by atoms with van der Waals surface area (Å²) in [6, 6.07) is 11.5. The molecule has 25 heavy (non-hydrogen) atoms. The number of fused-ring (bicyclic) bond motifs is 1. The fourth-order valence-corrected chi connectivity index (χ4v) is 3.92. The first-order valence-electron chi connectivity index (χ1n) is 8.07. The van der Waals surface area contributed by atoms with E-state index in [1.165, 1.54) is 19.1 Å². The Morgan fingerprint density at radius 1 is 1.20 bits per heavy atom. The highest BCUT2D eigenvalue weighted by molar-refractivity contribution is 7.92. The summed E-state index contributed by atoms with van der Waals surface area (Å²) in [7, 11) is -3.71. The van der Waals surface area contributed by atoms with Crippen LogP contribution in [0, 0.1) is 0 Å². The SMILES string of the molecule is CCOc1ccc(S(=O)(=O)Nc2ccc3c(c2)N(C(C)=O)CC3)cc1. The zero-order valence-electron chi connectivity index (χ0n) is 14.2. The van der Waals surface area contributed by atoms with Crippen LogP contribution in [0.5, 0.6) is 5.75 Å². The van der Waals surface area contributed by atoms with Crippen LogP contribution >= 0.6 is 0 Å². The van der Waals surface area contributed by atoms with Crippen molar-refractivity contribution in [1.29, 1.82) is 0 Å². The Balaban J connectivity index is 1.84. The predicted molar refractivity (Wildman–Crippen MR) is 96.6 cm³/mol. The summed E-state index contributed by atoms with van der Waals surface area (Å²) in [5.41, 5.74) is 2.24. The first-order chi connectivity index (χ1) is 11.9. The molecule has 6 nitrogen and oxygen atoms in total. The minimum Gasteiger partial charge on any atom is -0.494 e. The van der Waals surface area contributed by atoms with Crippen LogP contribution in [0.2, 0.25) is 0 Å². The Morgan fingerprint density at radius 3 is 2.56 bits per heavy atom. The second kappa shape index (κ2) is 6.76. The summed E-state index contributed by atoms with van der Waals surface area (Å²) in [6.07, 6.45) is 0.779. The lowest BCUT2D eigenvalue weighted by Crippen LogP contribution is -2.25. The van der Waals surface area contributed by atoms with Gasteiger partial charge < -0.3 is 9.64 Å². The monoisotopic (exact) mass is 360 g/mol. The van der Waals surface area contributed by atoms with Crippen LogP contribution in [0.15, 0.2) is 47.4 Å². The number of hydrogen-bond acceptors (Lipinski definition) is 4. The number of hydrogen-bond donors (Lipinski definition) is 1. The second-order valence-corrected chi connectivity index (χ2v) is 7.46. The summed E-state index contributed by atoms with van der Waals surface area (Å²) in [5.74, 6) is 0.571. The van der Waals surface area contributed by atoms with E-state index >= 15 is 0 Å². The van der Waals surface area contributed by atoms with Crippen LogP contribution in [0.3, 0.4) is 0 Å². The Bertz CT molecular complexity index is 892. The summed E-state index contributed by atoms with van der Waals surface area (Å²) in [6.45, 7) is 4.52. The molecule has 0 aromatic heterocycles. The van der Waals surface area contributed by atoms with Gasteiger partial charge >= 0.3 is 0 Å². The molecule has 7 heteroatoms. The predicted octanol–water partition coefficient (Wildman–Crippen LogP) is 2.80. The van der Waals surface area contributed by atoms with Crippen molar-refractivity contribution in [2.45, 2.75) is 25.2 Å². The average Bonchev–Trinajstić information content (AvgIpc) is 2.98. The first kappa shape index (κ1) is 17.3. The molecule has 0 unspecified atom stereocenters. The van der Waals surface area contributed by atoms with Crippen molar-refractivity contribution >= 4 is 27.3 Å². The van der Waals surface area contributed by atoms with Crippen molar-refractivity contribution < 1.29 is 17.9 Å². The molecule has 132 valence electrons. The van der Waals surface area contributed by atoms with Gasteiger partial charge in [-0.15, -0.1) is 0 Å². The van der Waals surface area contributed by atoms with Gasteiger partial charge in [-0.2, -0.15) is 0 Å². The minimum atomic E-state index is -3.71. The number of anilines is 2. The molecule has 1 amide bonds. The number of benzene rings is 2. The van der Waals surface area contributed by atoms with Crippen LogP contribution < -0.4 is 14.4 Å². The first-order valence-corrected chi connectivity index (χ1v) is 9.56. The highest BCUT2D eigenvalue weighted by Crippen LogP contribution is 2.31. The van der Waals surface area contributed by atoms with Crippen molar-refractivity contribution in [2.24, 2.45) is 0 Å². The maximum atomic E-state index is 12.6. The molecule has 0 bridgehead atoms. The van der Waals surface area contributed by atoms with Crippen LogP contribution in [0.4, 0.5) is 11.4 Å². The summed E-state index contributed by atoms with van der Waals surface area (Å²) < 4.78 is 33.0. The molecule has 0 aliphatic carbocycles. The van der Waals surface area contributed by atoms with Gasteiger partial charge in [0.15, 0.2) is 0 Å². The van der Waals surface area contributed by atoms with E-state index in [-0.39, 0.29) is 10.8 Å². The van der Waals surface area contributed by atoms with Crippen molar-refractivity contribution in [3.63, 3.8) is 0 Å². The molecule has 3 rings (SSSR count). The number of carbonyl (C=O) groups is 1. The molecule has 1 N–H and O–H groups in total. The van der Waals surface area contributed by atoms with Gasteiger partial charge in [0.05, 0.1) is 17.2 Å². The molecule has 2 aromatic rings. The third kappa shape index (κ3) is 3.61. The van der Waals surface area contributed by atoms with Gasteiger partial charge in [-0.1, -0.05) is 6.07 Å². The Hall–Kier alpha value is -2.54. The molecule has 2 aromatic carbocycles. The third-order valence-electron chi connectivity index (χ3n) is 4.06. The zero-order valence-corrected chi connectivity index (χ0v) is 15.0. The molecule has 0 radical (unpaired) electrons. The van der Waals surface area contributed by atoms with E-state index < -0.39 is 10.0 Å². The maximum Gasteiger partial charge on any atom is 0.261 e. The molecular formula is C18H20N2O4S. The molecule has 0 atom stereocenters. The largest absolute Gasteiger partial charge is 0.494 e. The third-order valence-corrected chi connectivity index (χ3v) is 5.46. The van der Waals surface area contributed by atoms with E-state index in [4.69, 9.17) is 4.74 Å². The van der Waals surface area contributed by atoms with Gasteiger partial charge in [0.2, 0.25) is 5.91 Å². The van der Waals surface area contributed by atoms with Crippen LogP contribution in [-0.4, -0.2) is 27.5 Å². The van der Waals surface area contributed by atoms with E-state index in [1.807, 2.05) is 13.0 Å². The van der Waals surface area contributed by atoms with Crippen LogP contribution in [0.25, 0.3) is 0 Å². The van der Waals surface area contributed by atoms with Crippen molar-refractivity contribution in [3.05, 3.63) is 48.0 Å². The van der Waals surface area contributed by atoms with Gasteiger partial charge in [-0.3, -0.25) is 9.52 Å². The molecule has 1 heterocycles. The van der Waals surface area contributed by atoms with E-state index in [1.54, 1.807) is 29.2 Å². The van der Waals surface area contributed by atoms with Crippen molar-refractivity contribution in [1.82, 2.24) is 0 Å². The normalized spacial score (nSPS) is 13.4. The molecular weight excluding hydrogens is 340 g/mol. The van der Waals surface area contributed by atoms with Gasteiger partial charge in [-0.05, 0) is 55.3 Å². The molecule has 1 aliphatic rings. The molecule has 0 spiro atoms. The van der Waals surface area contributed by atoms with Crippen molar-refractivity contribution in [2.75, 3.05) is 22.8 Å². The molecule has 0 saturated heterocycles. The zero-order chi connectivity index (χ0) is 18.0. The fraction of sp³-hybridized carbons (Fsp3) is 0.278. The topological polar surface area (TPSA) is 75.7 Å². The van der Waals surface area contributed by atoms with Gasteiger partial charge in [0, 0.05) is 19.2 Å². The smallest absolute Gasteiger partial charge is 0.261 e. The lowest BCUT2D eigenvalue weighted by Gasteiger charge is -2.16. The number of amides is 1. The van der Waals surface area contributed by atoms with Gasteiger partial charge in [-0.25, -0.2) is 8.42 Å². The van der Waals surface area contributed by atoms with Crippen LogP contribution in [0.1, 0.15) is 19.4 Å². The van der Waals surface area contributed by atoms with Gasteiger partial charge in [0.25, 0.3) is 10.0 Å². The highest BCUT2D eigenvalue weighted by Gasteiger charge is 2.23. The fourth-order valence-electron chi connectivity index (χ4n) is 2.87. The number of nitrogens with one attached hydrogen (secondary N) is 1. The Morgan fingerprint density at radius 2 is 1.92 bits per heavy atom. The highest BCUT2D eigenvalue weighted by atomic mass is 32.2. The number of rotatable bonds is 5. The number of nitrogens with zero attached hydrogens (tertiary/aromatic N) is 1. The summed E-state index contributed by atoms with van der Waals surface area (Å²) in [4.78, 5) is 13.5. The summed E-state index contributed by atoms with van der Waals surface area (Å²) in [5, 5.41) is 0. The van der Waals surface area contributed by atoms with E-state index in [2.05, 4.69) is 4.72 Å². The van der Waals surface area contributed by atoms with E-state index in [0.29, 0.717) is 24.6 Å². The number of sulfonamides is 1. The lowest BCUT2D eigenvalue weighted by molar-refractivity contribution is -0.116. The Labute approximate surface area is 147 Å². The standard InChI is InChI=1S/C18H20N2O4S/c1-3-24-16-6-8-17(9-7-16)25(22,23)19-15-5-4-14-10-11-20(13(2)21)18(14)12-15/h4-9,12,19H,3,10-11H2,1-2H3. The van der Waals surface area contributed by atoms with Crippen molar-refractivity contribution in [3.8, 4) is 5.75 Å². The maximum absolute atomic E-state index is 12.6. The Kier molecular flexibility index (Phi) is 4.67. The minimum absolute atomic E-state index is 0.0507. The lowest BCUT2D eigenvalue weighted by atomic mass is 10.1. The molecule has 1 aliphatic heterocycles. The molecule has 0 saturated carbocycles. The van der Waals surface area contributed by atoms with E-state index in [9.17, 15) is 13.2 Å². The summed E-state index contributed by atoms with van der Waals surface area (Å²) >= 11 is 0. The quantitative estimate of drug-likeness (QED) is 0.890. The molecule has 0 fully saturated rings. The average molecular weight is 360 g/mol. The van der Waals surface area contributed by atoms with Gasteiger partial charge in [0.1, 0.15) is 5.75 Å². The second-order valence-electron chi connectivity index (χ2n) is 5.77. The number of carbonyl (C=O) groups excluding carboxylic acids is 1.